The molecule has 88 valence electrons. The van der Waals surface area contributed by atoms with E-state index in [0.717, 1.165) is 0 Å². The van der Waals surface area contributed by atoms with Crippen molar-refractivity contribution in [2.45, 2.75) is 0 Å². The molecule has 0 atom stereocenters. The van der Waals surface area contributed by atoms with Crippen LogP contribution in [0, 0.1) is 5.82 Å². The summed E-state index contributed by atoms with van der Waals surface area (Å²) in [5.74, 6) is -1.85. The number of hydrogen-bond acceptors (Lipinski definition) is 2. The summed E-state index contributed by atoms with van der Waals surface area (Å²) in [6, 6.07) is 9.92. The number of aromatic carboxylic acids is 1. The monoisotopic (exact) mass is 256 g/mol. The average Bonchev–Trinajstić information content (AvgIpc) is 2.30. The minimum atomic E-state index is -1.20. The molecular formula is C13H10FNaO3. The van der Waals surface area contributed by atoms with Gasteiger partial charge in [-0.25, -0.2) is 9.18 Å². The fraction of sp³-hybridized carbons (Fsp3) is 0. The number of carbonyl (C=O) groups is 1. The van der Waals surface area contributed by atoms with Gasteiger partial charge in [0, 0.05) is 0 Å². The van der Waals surface area contributed by atoms with Crippen molar-refractivity contribution in [2.75, 3.05) is 0 Å². The molecule has 0 saturated carbocycles. The minimum absolute atomic E-state index is 0. The zero-order valence-electron chi connectivity index (χ0n) is 8.72. The van der Waals surface area contributed by atoms with Crippen molar-refractivity contribution in [2.24, 2.45) is 0 Å². The Hall–Kier alpha value is -1.36. The summed E-state index contributed by atoms with van der Waals surface area (Å²) in [6.45, 7) is 0. The zero-order chi connectivity index (χ0) is 12.4. The maximum atomic E-state index is 12.7. The van der Waals surface area contributed by atoms with Crippen LogP contribution in [0.1, 0.15) is 10.4 Å². The molecule has 0 unspecified atom stereocenters. The second kappa shape index (κ2) is 6.00. The Kier molecular flexibility index (Phi) is 4.90. The van der Waals surface area contributed by atoms with Gasteiger partial charge in [0.2, 0.25) is 0 Å². The third kappa shape index (κ3) is 3.10. The Morgan fingerprint density at radius 2 is 1.56 bits per heavy atom. The topological polar surface area (TPSA) is 57.5 Å². The van der Waals surface area contributed by atoms with E-state index in [9.17, 15) is 14.3 Å². The zero-order valence-corrected chi connectivity index (χ0v) is 8.72. The Bertz CT molecular complexity index is 567. The second-order valence-electron chi connectivity index (χ2n) is 3.54. The van der Waals surface area contributed by atoms with Crippen molar-refractivity contribution in [1.82, 2.24) is 0 Å². The summed E-state index contributed by atoms with van der Waals surface area (Å²) in [5, 5.41) is 18.2. The maximum absolute atomic E-state index is 12.7. The van der Waals surface area contributed by atoms with Crippen molar-refractivity contribution in [3.05, 3.63) is 53.8 Å². The van der Waals surface area contributed by atoms with E-state index >= 15 is 0 Å². The molecule has 0 fully saturated rings. The predicted octanol–water partition coefficient (Wildman–Crippen LogP) is 2.25. The fourth-order valence-corrected chi connectivity index (χ4v) is 1.53. The molecule has 0 aliphatic carbocycles. The van der Waals surface area contributed by atoms with Crippen molar-refractivity contribution in [1.29, 1.82) is 0 Å². The summed E-state index contributed by atoms with van der Waals surface area (Å²) in [4.78, 5) is 10.8. The first-order valence-corrected chi connectivity index (χ1v) is 4.90. The summed E-state index contributed by atoms with van der Waals surface area (Å²) in [5.41, 5.74) is 1.13. The quantitative estimate of drug-likeness (QED) is 0.810. The second-order valence-corrected chi connectivity index (χ2v) is 3.54. The number of aromatic hydroxyl groups is 1. The van der Waals surface area contributed by atoms with E-state index in [0.29, 0.717) is 11.1 Å². The number of hydrogen-bond donors (Lipinski definition) is 2. The van der Waals surface area contributed by atoms with Gasteiger partial charge in [0.15, 0.2) is 0 Å². The molecule has 2 N–H and O–H groups in total. The molecule has 5 heteroatoms. The van der Waals surface area contributed by atoms with E-state index in [4.69, 9.17) is 5.11 Å². The first-order chi connectivity index (χ1) is 8.08. The molecular weight excluding hydrogens is 246 g/mol. The molecule has 0 spiro atoms. The number of benzene rings is 2. The number of carboxylic acids is 1. The van der Waals surface area contributed by atoms with Crippen molar-refractivity contribution in [3.8, 4) is 16.9 Å². The van der Waals surface area contributed by atoms with Gasteiger partial charge in [0.1, 0.15) is 17.1 Å². The van der Waals surface area contributed by atoms with E-state index < -0.39 is 5.97 Å². The molecule has 0 aliphatic heterocycles. The third-order valence-corrected chi connectivity index (χ3v) is 2.40. The Morgan fingerprint density at radius 3 is 2.11 bits per heavy atom. The summed E-state index contributed by atoms with van der Waals surface area (Å²) < 4.78 is 12.7. The molecule has 0 heterocycles. The van der Waals surface area contributed by atoms with E-state index in [1.807, 2.05) is 0 Å². The van der Waals surface area contributed by atoms with Gasteiger partial charge in [0.25, 0.3) is 0 Å². The number of halogens is 1. The van der Waals surface area contributed by atoms with E-state index in [1.54, 1.807) is 18.2 Å². The molecule has 18 heavy (non-hydrogen) atoms. The fourth-order valence-electron chi connectivity index (χ4n) is 1.53. The van der Waals surface area contributed by atoms with Gasteiger partial charge in [-0.3, -0.25) is 0 Å². The normalized spacial score (nSPS) is 9.61. The first-order valence-electron chi connectivity index (χ1n) is 4.90. The molecule has 2 aromatic carbocycles. The molecule has 0 aliphatic rings. The van der Waals surface area contributed by atoms with Gasteiger partial charge in [0.05, 0.1) is 0 Å². The molecule has 2 rings (SSSR count). The number of carboxylic acid groups (broad SMARTS) is 1. The van der Waals surface area contributed by atoms with Gasteiger partial charge in [-0.1, -0.05) is 18.2 Å². The van der Waals surface area contributed by atoms with Crippen LogP contribution in [0.2, 0.25) is 0 Å². The Labute approximate surface area is 125 Å². The van der Waals surface area contributed by atoms with Crippen LogP contribution < -0.4 is 0 Å². The summed E-state index contributed by atoms with van der Waals surface area (Å²) in [6.07, 6.45) is 0. The molecule has 0 saturated heterocycles. The molecule has 0 amide bonds. The molecule has 0 aromatic heterocycles. The summed E-state index contributed by atoms with van der Waals surface area (Å²) >= 11 is 0. The Balaban J connectivity index is 0.00000162. The SMILES string of the molecule is O=C(O)c1cc(-c2ccc(F)cc2)ccc1O.[NaH]. The van der Waals surface area contributed by atoms with Crippen LogP contribution in [0.15, 0.2) is 42.5 Å². The van der Waals surface area contributed by atoms with E-state index in [-0.39, 0.29) is 46.7 Å². The number of phenols is 1. The van der Waals surface area contributed by atoms with Crippen LogP contribution in [-0.4, -0.2) is 45.7 Å². The van der Waals surface area contributed by atoms with Gasteiger partial charge < -0.3 is 10.2 Å². The number of rotatable bonds is 2. The molecule has 3 nitrogen and oxygen atoms in total. The van der Waals surface area contributed by atoms with Crippen molar-refractivity contribution >= 4 is 35.5 Å². The predicted molar refractivity (Wildman–Crippen MR) is 67.6 cm³/mol. The van der Waals surface area contributed by atoms with Crippen LogP contribution in [0.25, 0.3) is 11.1 Å². The molecule has 2 aromatic rings. The average molecular weight is 256 g/mol. The van der Waals surface area contributed by atoms with Gasteiger partial charge >= 0.3 is 35.5 Å². The summed E-state index contributed by atoms with van der Waals surface area (Å²) in [7, 11) is 0. The van der Waals surface area contributed by atoms with Crippen LogP contribution in [0.5, 0.6) is 5.75 Å². The van der Waals surface area contributed by atoms with Crippen LogP contribution >= 0.6 is 0 Å². The molecule has 0 bridgehead atoms. The van der Waals surface area contributed by atoms with Crippen LogP contribution in [0.4, 0.5) is 4.39 Å². The molecule has 0 radical (unpaired) electrons. The standard InChI is InChI=1S/C13H9FO3.Na.H/c14-10-4-1-8(2-5-10)9-3-6-12(15)11(7-9)13(16)17;;/h1-7,15H,(H,16,17);;. The first kappa shape index (κ1) is 14.7. The van der Waals surface area contributed by atoms with Crippen LogP contribution in [-0.2, 0) is 0 Å². The third-order valence-electron chi connectivity index (χ3n) is 2.40. The Morgan fingerprint density at radius 1 is 1.00 bits per heavy atom. The van der Waals surface area contributed by atoms with Crippen molar-refractivity contribution < 1.29 is 19.4 Å². The van der Waals surface area contributed by atoms with E-state index in [2.05, 4.69) is 0 Å². The van der Waals surface area contributed by atoms with Gasteiger partial charge in [-0.15, -0.1) is 0 Å². The van der Waals surface area contributed by atoms with Crippen molar-refractivity contribution in [3.63, 3.8) is 0 Å². The van der Waals surface area contributed by atoms with Gasteiger partial charge in [-0.2, -0.15) is 0 Å². The van der Waals surface area contributed by atoms with E-state index in [1.165, 1.54) is 24.3 Å². The van der Waals surface area contributed by atoms with Crippen LogP contribution in [0.3, 0.4) is 0 Å². The van der Waals surface area contributed by atoms with Gasteiger partial charge in [-0.05, 0) is 35.4 Å².